The predicted molar refractivity (Wildman–Crippen MR) is 57.5 cm³/mol. The second kappa shape index (κ2) is 5.66. The first kappa shape index (κ1) is 11.1. The maximum Gasteiger partial charge on any atom is 0.125 e. The van der Waals surface area contributed by atoms with E-state index in [1.54, 1.807) is 0 Å². The molecule has 0 bridgehead atoms. The first-order valence-electron chi connectivity index (χ1n) is 5.19. The highest BCUT2D eigenvalue weighted by molar-refractivity contribution is 5.34. The van der Waals surface area contributed by atoms with Gasteiger partial charge in [-0.15, -0.1) is 0 Å². The Balaban J connectivity index is 2.82. The van der Waals surface area contributed by atoms with Crippen molar-refractivity contribution in [2.45, 2.75) is 32.8 Å². The summed E-state index contributed by atoms with van der Waals surface area (Å²) in [6.45, 7) is 4.64. The van der Waals surface area contributed by atoms with Crippen LogP contribution in [0.1, 0.15) is 38.4 Å². The Hall–Kier alpha value is -1.02. The maximum absolute atomic E-state index is 9.85. The average Bonchev–Trinajstić information content (AvgIpc) is 2.19. The Morgan fingerprint density at radius 1 is 1.29 bits per heavy atom. The van der Waals surface area contributed by atoms with Crippen LogP contribution in [0.15, 0.2) is 24.3 Å². The third-order valence-corrected chi connectivity index (χ3v) is 2.14. The summed E-state index contributed by atoms with van der Waals surface area (Å²) in [6.07, 6.45) is 1.36. The zero-order valence-corrected chi connectivity index (χ0v) is 8.86. The monoisotopic (exact) mass is 194 g/mol. The van der Waals surface area contributed by atoms with E-state index in [0.29, 0.717) is 6.61 Å². The Kier molecular flexibility index (Phi) is 4.47. The minimum Gasteiger partial charge on any atom is -0.493 e. The SMILES string of the molecule is CCC[C@H](O)c1ccccc1OCC. The van der Waals surface area contributed by atoms with Crippen molar-refractivity contribution in [1.29, 1.82) is 0 Å². The maximum atomic E-state index is 9.85. The van der Waals surface area contributed by atoms with Crippen LogP contribution in [-0.4, -0.2) is 11.7 Å². The summed E-state index contributed by atoms with van der Waals surface area (Å²) >= 11 is 0. The molecule has 2 nitrogen and oxygen atoms in total. The molecule has 1 N–H and O–H groups in total. The van der Waals surface area contributed by atoms with E-state index in [4.69, 9.17) is 4.74 Å². The lowest BCUT2D eigenvalue weighted by atomic mass is 10.0. The zero-order chi connectivity index (χ0) is 10.4. The smallest absolute Gasteiger partial charge is 0.125 e. The zero-order valence-electron chi connectivity index (χ0n) is 8.86. The highest BCUT2D eigenvalue weighted by atomic mass is 16.5. The van der Waals surface area contributed by atoms with Gasteiger partial charge in [-0.25, -0.2) is 0 Å². The van der Waals surface area contributed by atoms with Crippen LogP contribution in [0.5, 0.6) is 5.75 Å². The number of para-hydroxylation sites is 1. The molecule has 0 unspecified atom stereocenters. The van der Waals surface area contributed by atoms with Crippen LogP contribution in [0.4, 0.5) is 0 Å². The molecule has 1 rings (SSSR count). The molecule has 0 radical (unpaired) electrons. The van der Waals surface area contributed by atoms with E-state index in [0.717, 1.165) is 24.2 Å². The van der Waals surface area contributed by atoms with Crippen LogP contribution >= 0.6 is 0 Å². The molecule has 1 atom stereocenters. The van der Waals surface area contributed by atoms with Gasteiger partial charge in [-0.3, -0.25) is 0 Å². The molecular weight excluding hydrogens is 176 g/mol. The van der Waals surface area contributed by atoms with Crippen molar-refractivity contribution in [3.05, 3.63) is 29.8 Å². The molecule has 1 aromatic rings. The number of hydrogen-bond acceptors (Lipinski definition) is 2. The summed E-state index contributed by atoms with van der Waals surface area (Å²) in [7, 11) is 0. The molecule has 0 fully saturated rings. The number of aliphatic hydroxyl groups is 1. The summed E-state index contributed by atoms with van der Waals surface area (Å²) in [6, 6.07) is 7.67. The minimum atomic E-state index is -0.400. The Labute approximate surface area is 85.5 Å². The van der Waals surface area contributed by atoms with Gasteiger partial charge in [-0.05, 0) is 19.4 Å². The van der Waals surface area contributed by atoms with E-state index in [1.807, 2.05) is 31.2 Å². The molecular formula is C12H18O2. The highest BCUT2D eigenvalue weighted by Gasteiger charge is 2.11. The van der Waals surface area contributed by atoms with Crippen molar-refractivity contribution >= 4 is 0 Å². The van der Waals surface area contributed by atoms with Crippen molar-refractivity contribution < 1.29 is 9.84 Å². The average molecular weight is 194 g/mol. The van der Waals surface area contributed by atoms with Gasteiger partial charge in [-0.1, -0.05) is 31.5 Å². The second-order valence-electron chi connectivity index (χ2n) is 3.28. The van der Waals surface area contributed by atoms with Crippen molar-refractivity contribution in [3.8, 4) is 5.75 Å². The molecule has 0 aliphatic carbocycles. The lowest BCUT2D eigenvalue weighted by Crippen LogP contribution is -2.01. The first-order valence-corrected chi connectivity index (χ1v) is 5.19. The second-order valence-corrected chi connectivity index (χ2v) is 3.28. The molecule has 0 spiro atoms. The number of aliphatic hydroxyl groups excluding tert-OH is 1. The third kappa shape index (κ3) is 2.74. The highest BCUT2D eigenvalue weighted by Crippen LogP contribution is 2.27. The quantitative estimate of drug-likeness (QED) is 0.781. The molecule has 14 heavy (non-hydrogen) atoms. The standard InChI is InChI=1S/C12H18O2/c1-3-7-11(13)10-8-5-6-9-12(10)14-4-2/h5-6,8-9,11,13H,3-4,7H2,1-2H3/t11-/m0/s1. The summed E-state index contributed by atoms with van der Waals surface area (Å²) in [5.74, 6) is 0.802. The van der Waals surface area contributed by atoms with Gasteiger partial charge < -0.3 is 9.84 Å². The van der Waals surface area contributed by atoms with Gasteiger partial charge in [0.1, 0.15) is 5.75 Å². The first-order chi connectivity index (χ1) is 6.79. The fourth-order valence-corrected chi connectivity index (χ4v) is 1.47. The molecule has 2 heteroatoms. The van der Waals surface area contributed by atoms with Crippen LogP contribution in [0, 0.1) is 0 Å². The van der Waals surface area contributed by atoms with Gasteiger partial charge in [0.2, 0.25) is 0 Å². The summed E-state index contributed by atoms with van der Waals surface area (Å²) in [5.41, 5.74) is 0.899. The summed E-state index contributed by atoms with van der Waals surface area (Å²) < 4.78 is 5.44. The Morgan fingerprint density at radius 3 is 2.64 bits per heavy atom. The van der Waals surface area contributed by atoms with Crippen molar-refractivity contribution in [2.75, 3.05) is 6.61 Å². The van der Waals surface area contributed by atoms with E-state index in [1.165, 1.54) is 0 Å². The molecule has 0 aliphatic rings. The van der Waals surface area contributed by atoms with E-state index in [-0.39, 0.29) is 0 Å². The number of benzene rings is 1. The number of ether oxygens (including phenoxy) is 1. The van der Waals surface area contributed by atoms with Gasteiger partial charge in [-0.2, -0.15) is 0 Å². The van der Waals surface area contributed by atoms with E-state index >= 15 is 0 Å². The van der Waals surface area contributed by atoms with E-state index in [9.17, 15) is 5.11 Å². The molecule has 0 saturated carbocycles. The predicted octanol–water partition coefficient (Wildman–Crippen LogP) is 2.92. The van der Waals surface area contributed by atoms with Crippen molar-refractivity contribution in [1.82, 2.24) is 0 Å². The molecule has 0 aromatic heterocycles. The molecule has 78 valence electrons. The van der Waals surface area contributed by atoms with E-state index in [2.05, 4.69) is 6.92 Å². The summed E-state index contributed by atoms with van der Waals surface area (Å²) in [4.78, 5) is 0. The fourth-order valence-electron chi connectivity index (χ4n) is 1.47. The van der Waals surface area contributed by atoms with Crippen LogP contribution in [0.3, 0.4) is 0 Å². The van der Waals surface area contributed by atoms with Gasteiger partial charge in [0.05, 0.1) is 12.7 Å². The minimum absolute atomic E-state index is 0.400. The fraction of sp³-hybridized carbons (Fsp3) is 0.500. The van der Waals surface area contributed by atoms with Crippen molar-refractivity contribution in [3.63, 3.8) is 0 Å². The van der Waals surface area contributed by atoms with Crippen molar-refractivity contribution in [2.24, 2.45) is 0 Å². The molecule has 0 amide bonds. The normalized spacial score (nSPS) is 12.5. The Bertz CT molecular complexity index is 271. The van der Waals surface area contributed by atoms with Gasteiger partial charge >= 0.3 is 0 Å². The van der Waals surface area contributed by atoms with Gasteiger partial charge in [0, 0.05) is 5.56 Å². The summed E-state index contributed by atoms with van der Waals surface area (Å²) in [5, 5.41) is 9.85. The molecule has 0 heterocycles. The number of hydrogen-bond donors (Lipinski definition) is 1. The van der Waals surface area contributed by atoms with Crippen LogP contribution in [0.25, 0.3) is 0 Å². The topological polar surface area (TPSA) is 29.5 Å². The molecule has 0 saturated heterocycles. The van der Waals surface area contributed by atoms with E-state index < -0.39 is 6.10 Å². The number of rotatable bonds is 5. The molecule has 0 aliphatic heterocycles. The Morgan fingerprint density at radius 2 is 2.00 bits per heavy atom. The lowest BCUT2D eigenvalue weighted by Gasteiger charge is -2.14. The van der Waals surface area contributed by atoms with Crippen LogP contribution in [0.2, 0.25) is 0 Å². The third-order valence-electron chi connectivity index (χ3n) is 2.14. The largest absolute Gasteiger partial charge is 0.493 e. The molecule has 1 aromatic carbocycles. The van der Waals surface area contributed by atoms with Gasteiger partial charge in [0.25, 0.3) is 0 Å². The van der Waals surface area contributed by atoms with Gasteiger partial charge in [0.15, 0.2) is 0 Å². The van der Waals surface area contributed by atoms with Crippen LogP contribution in [-0.2, 0) is 0 Å². The lowest BCUT2D eigenvalue weighted by molar-refractivity contribution is 0.161. The van der Waals surface area contributed by atoms with Crippen LogP contribution < -0.4 is 4.74 Å².